The fraction of sp³-hybridized carbons (Fsp3) is 0.200. The molecule has 146 valence electrons. The number of carbonyl (C=O) groups is 1. The number of alkyl halides is 3. The van der Waals surface area contributed by atoms with Crippen molar-refractivity contribution in [3.8, 4) is 0 Å². The van der Waals surface area contributed by atoms with E-state index in [1.807, 2.05) is 12.1 Å². The van der Waals surface area contributed by atoms with E-state index in [2.05, 4.69) is 15.6 Å². The van der Waals surface area contributed by atoms with Crippen LogP contribution >= 0.6 is 0 Å². The fourth-order valence-corrected chi connectivity index (χ4v) is 3.15. The Hall–Kier alpha value is -3.13. The molecule has 1 atom stereocenters. The van der Waals surface area contributed by atoms with Gasteiger partial charge in [0, 0.05) is 18.9 Å². The molecule has 0 saturated heterocycles. The SMILES string of the molecule is NC(=O)C1=CC=CNC1(NCCc1ccncc1)c1cccc(C(F)(F)F)c1. The summed E-state index contributed by atoms with van der Waals surface area (Å²) in [4.78, 5) is 16.0. The summed E-state index contributed by atoms with van der Waals surface area (Å²) in [7, 11) is 0. The number of halogens is 3. The minimum Gasteiger partial charge on any atom is -0.366 e. The van der Waals surface area contributed by atoms with Gasteiger partial charge in [0.2, 0.25) is 5.91 Å². The molecule has 0 saturated carbocycles. The van der Waals surface area contributed by atoms with Crippen LogP contribution in [0.2, 0.25) is 0 Å². The van der Waals surface area contributed by atoms with Gasteiger partial charge in [-0.3, -0.25) is 15.1 Å². The number of nitrogens with zero attached hydrogens (tertiary/aromatic N) is 1. The number of carbonyl (C=O) groups excluding carboxylic acids is 1. The molecule has 1 aromatic carbocycles. The number of hydrogen-bond acceptors (Lipinski definition) is 4. The average molecular weight is 388 g/mol. The minimum atomic E-state index is -4.50. The van der Waals surface area contributed by atoms with Gasteiger partial charge in [-0.25, -0.2) is 0 Å². The number of pyridine rings is 1. The van der Waals surface area contributed by atoms with E-state index in [9.17, 15) is 18.0 Å². The zero-order valence-corrected chi connectivity index (χ0v) is 14.8. The number of rotatable bonds is 6. The zero-order valence-electron chi connectivity index (χ0n) is 14.8. The average Bonchev–Trinajstić information content (AvgIpc) is 2.68. The summed E-state index contributed by atoms with van der Waals surface area (Å²) in [5, 5.41) is 6.20. The Morgan fingerprint density at radius 3 is 2.64 bits per heavy atom. The summed E-state index contributed by atoms with van der Waals surface area (Å²) in [6.07, 6.45) is 4.04. The predicted molar refractivity (Wildman–Crippen MR) is 98.6 cm³/mol. The molecule has 1 aliphatic rings. The van der Waals surface area contributed by atoms with E-state index in [1.165, 1.54) is 18.2 Å². The Morgan fingerprint density at radius 2 is 1.96 bits per heavy atom. The largest absolute Gasteiger partial charge is 0.416 e. The Labute approximate surface area is 160 Å². The van der Waals surface area contributed by atoms with E-state index in [-0.39, 0.29) is 11.1 Å². The minimum absolute atomic E-state index is 0.129. The first kappa shape index (κ1) is 19.6. The molecule has 4 N–H and O–H groups in total. The lowest BCUT2D eigenvalue weighted by Crippen LogP contribution is -2.57. The number of amides is 1. The molecular formula is C20H19F3N4O. The van der Waals surface area contributed by atoms with E-state index in [0.29, 0.717) is 13.0 Å². The second-order valence-electron chi connectivity index (χ2n) is 6.31. The van der Waals surface area contributed by atoms with E-state index >= 15 is 0 Å². The first-order chi connectivity index (χ1) is 13.3. The second-order valence-corrected chi connectivity index (χ2v) is 6.31. The van der Waals surface area contributed by atoms with Gasteiger partial charge in [0.05, 0.1) is 11.1 Å². The number of hydrogen-bond donors (Lipinski definition) is 3. The molecular weight excluding hydrogens is 369 g/mol. The van der Waals surface area contributed by atoms with Gasteiger partial charge in [0.25, 0.3) is 0 Å². The van der Waals surface area contributed by atoms with Crippen LogP contribution in [0.15, 0.2) is 72.7 Å². The maximum atomic E-state index is 13.2. The predicted octanol–water partition coefficient (Wildman–Crippen LogP) is 2.61. The molecule has 0 spiro atoms. The Kier molecular flexibility index (Phi) is 5.51. The van der Waals surface area contributed by atoms with Crippen molar-refractivity contribution in [1.82, 2.24) is 15.6 Å². The quantitative estimate of drug-likeness (QED) is 0.711. The third kappa shape index (κ3) is 4.07. The number of nitrogens with two attached hydrogens (primary N) is 1. The van der Waals surface area contributed by atoms with Gasteiger partial charge in [-0.05, 0) is 60.2 Å². The number of primary amides is 1. The molecule has 1 aliphatic heterocycles. The lowest BCUT2D eigenvalue weighted by molar-refractivity contribution is -0.137. The van der Waals surface area contributed by atoms with Gasteiger partial charge in [-0.2, -0.15) is 13.2 Å². The highest BCUT2D eigenvalue weighted by atomic mass is 19.4. The van der Waals surface area contributed by atoms with Crippen molar-refractivity contribution < 1.29 is 18.0 Å². The van der Waals surface area contributed by atoms with Crippen molar-refractivity contribution in [2.24, 2.45) is 5.73 Å². The van der Waals surface area contributed by atoms with E-state index in [4.69, 9.17) is 5.73 Å². The molecule has 2 aromatic rings. The van der Waals surface area contributed by atoms with Crippen molar-refractivity contribution >= 4 is 5.91 Å². The molecule has 2 heterocycles. The van der Waals surface area contributed by atoms with Crippen LogP contribution in [0.5, 0.6) is 0 Å². The lowest BCUT2D eigenvalue weighted by atomic mass is 9.87. The topological polar surface area (TPSA) is 80.0 Å². The maximum absolute atomic E-state index is 13.2. The summed E-state index contributed by atoms with van der Waals surface area (Å²) in [6.45, 7) is 0.381. The molecule has 5 nitrogen and oxygen atoms in total. The molecule has 0 fully saturated rings. The molecule has 1 amide bonds. The Morgan fingerprint density at radius 1 is 1.21 bits per heavy atom. The van der Waals surface area contributed by atoms with Crippen LogP contribution in [-0.2, 0) is 23.1 Å². The normalized spacial score (nSPS) is 19.0. The molecule has 1 unspecified atom stereocenters. The van der Waals surface area contributed by atoms with Crippen molar-refractivity contribution in [1.29, 1.82) is 0 Å². The number of nitrogens with one attached hydrogen (secondary N) is 2. The Bertz CT molecular complexity index is 909. The van der Waals surface area contributed by atoms with Gasteiger partial charge in [0.15, 0.2) is 0 Å². The molecule has 3 rings (SSSR count). The van der Waals surface area contributed by atoms with Gasteiger partial charge >= 0.3 is 6.18 Å². The van der Waals surface area contributed by atoms with Gasteiger partial charge in [-0.15, -0.1) is 0 Å². The Balaban J connectivity index is 1.97. The van der Waals surface area contributed by atoms with Crippen molar-refractivity contribution in [3.05, 3.63) is 89.4 Å². The van der Waals surface area contributed by atoms with Gasteiger partial charge in [-0.1, -0.05) is 12.1 Å². The first-order valence-electron chi connectivity index (χ1n) is 8.59. The fourth-order valence-electron chi connectivity index (χ4n) is 3.15. The summed E-state index contributed by atoms with van der Waals surface area (Å²) in [5.41, 5.74) is 4.73. The van der Waals surface area contributed by atoms with Crippen LogP contribution in [-0.4, -0.2) is 17.4 Å². The molecule has 0 bridgehead atoms. The smallest absolute Gasteiger partial charge is 0.366 e. The van der Waals surface area contributed by atoms with Crippen molar-refractivity contribution in [2.45, 2.75) is 18.3 Å². The molecule has 0 aliphatic carbocycles. The second kappa shape index (κ2) is 7.85. The van der Waals surface area contributed by atoms with Crippen LogP contribution < -0.4 is 16.4 Å². The van der Waals surface area contributed by atoms with Crippen LogP contribution in [0.3, 0.4) is 0 Å². The number of benzene rings is 1. The van der Waals surface area contributed by atoms with Crippen LogP contribution in [0.25, 0.3) is 0 Å². The molecule has 1 aromatic heterocycles. The van der Waals surface area contributed by atoms with E-state index in [0.717, 1.165) is 17.7 Å². The third-order valence-corrected chi connectivity index (χ3v) is 4.50. The van der Waals surface area contributed by atoms with E-state index in [1.54, 1.807) is 24.7 Å². The maximum Gasteiger partial charge on any atom is 0.416 e. The zero-order chi connectivity index (χ0) is 20.2. The first-order valence-corrected chi connectivity index (χ1v) is 8.59. The highest BCUT2D eigenvalue weighted by Gasteiger charge is 2.40. The van der Waals surface area contributed by atoms with Gasteiger partial charge < -0.3 is 11.1 Å². The summed E-state index contributed by atoms with van der Waals surface area (Å²) in [6, 6.07) is 8.53. The van der Waals surface area contributed by atoms with Crippen LogP contribution in [0.4, 0.5) is 13.2 Å². The number of allylic oxidation sites excluding steroid dienone is 2. The molecule has 28 heavy (non-hydrogen) atoms. The van der Waals surface area contributed by atoms with Crippen LogP contribution in [0.1, 0.15) is 16.7 Å². The summed E-state index contributed by atoms with van der Waals surface area (Å²) >= 11 is 0. The van der Waals surface area contributed by atoms with Gasteiger partial charge in [0.1, 0.15) is 5.66 Å². The number of dihydropyridines is 1. The summed E-state index contributed by atoms with van der Waals surface area (Å²) < 4.78 is 39.7. The highest BCUT2D eigenvalue weighted by molar-refractivity contribution is 5.95. The molecule has 0 radical (unpaired) electrons. The van der Waals surface area contributed by atoms with E-state index < -0.39 is 23.3 Å². The standard InChI is InChI=1S/C20H19F3N4O/c21-20(22,23)16-4-1-3-15(13-16)19(17(18(24)28)5-2-9-26-19)27-12-8-14-6-10-25-11-7-14/h1-7,9-11,13,26-27H,8,12H2,(H2,24,28). The number of aromatic nitrogens is 1. The lowest BCUT2D eigenvalue weighted by Gasteiger charge is -2.39. The van der Waals surface area contributed by atoms with Crippen molar-refractivity contribution in [3.63, 3.8) is 0 Å². The van der Waals surface area contributed by atoms with Crippen LogP contribution in [0, 0.1) is 0 Å². The van der Waals surface area contributed by atoms with Crippen molar-refractivity contribution in [2.75, 3.05) is 6.54 Å². The monoisotopic (exact) mass is 388 g/mol. The third-order valence-electron chi connectivity index (χ3n) is 4.50. The highest BCUT2D eigenvalue weighted by Crippen LogP contribution is 2.34. The summed E-state index contributed by atoms with van der Waals surface area (Å²) in [5.74, 6) is -0.731. The molecule has 8 heteroatoms.